The SMILES string of the molecule is CN(Cc1nc(C(C)(C)N)no1)CC1CCC1. The minimum atomic E-state index is -0.533. The quantitative estimate of drug-likeness (QED) is 0.841. The van der Waals surface area contributed by atoms with Gasteiger partial charge in [-0.05, 0) is 39.7 Å². The zero-order chi connectivity index (χ0) is 12.5. The summed E-state index contributed by atoms with van der Waals surface area (Å²) in [5, 5.41) is 3.92. The van der Waals surface area contributed by atoms with Gasteiger partial charge in [0.05, 0.1) is 12.1 Å². The lowest BCUT2D eigenvalue weighted by atomic mass is 9.85. The van der Waals surface area contributed by atoms with Crippen LogP contribution in [-0.2, 0) is 12.1 Å². The standard InChI is InChI=1S/C12H22N4O/c1-12(2,13)11-14-10(17-15-11)8-16(3)7-9-5-4-6-9/h9H,4-8,13H2,1-3H3. The molecular formula is C12H22N4O. The molecule has 0 amide bonds. The first-order valence-electron chi connectivity index (χ1n) is 6.25. The third kappa shape index (κ3) is 3.26. The summed E-state index contributed by atoms with van der Waals surface area (Å²) in [4.78, 5) is 6.57. The summed E-state index contributed by atoms with van der Waals surface area (Å²) < 4.78 is 5.21. The highest BCUT2D eigenvalue weighted by atomic mass is 16.5. The van der Waals surface area contributed by atoms with E-state index in [-0.39, 0.29) is 0 Å². The molecule has 0 bridgehead atoms. The molecule has 1 saturated carbocycles. The first-order chi connectivity index (χ1) is 7.95. The van der Waals surface area contributed by atoms with Crippen molar-refractivity contribution >= 4 is 0 Å². The van der Waals surface area contributed by atoms with Crippen LogP contribution in [0.1, 0.15) is 44.8 Å². The average molecular weight is 238 g/mol. The van der Waals surface area contributed by atoms with Gasteiger partial charge in [0.2, 0.25) is 5.89 Å². The van der Waals surface area contributed by atoms with Gasteiger partial charge in [-0.25, -0.2) is 0 Å². The first-order valence-corrected chi connectivity index (χ1v) is 6.25. The first kappa shape index (κ1) is 12.5. The van der Waals surface area contributed by atoms with Gasteiger partial charge in [-0.3, -0.25) is 4.90 Å². The predicted molar refractivity (Wildman–Crippen MR) is 65.2 cm³/mol. The second-order valence-corrected chi connectivity index (χ2v) is 5.73. The molecule has 1 aromatic rings. The van der Waals surface area contributed by atoms with Crippen LogP contribution in [0.2, 0.25) is 0 Å². The van der Waals surface area contributed by atoms with Crippen molar-refractivity contribution in [2.24, 2.45) is 11.7 Å². The highest BCUT2D eigenvalue weighted by Crippen LogP contribution is 2.27. The molecule has 5 heteroatoms. The van der Waals surface area contributed by atoms with Crippen molar-refractivity contribution in [3.05, 3.63) is 11.7 Å². The molecule has 1 aromatic heterocycles. The Labute approximate surface area is 102 Å². The van der Waals surface area contributed by atoms with Crippen molar-refractivity contribution in [1.82, 2.24) is 15.0 Å². The molecule has 1 fully saturated rings. The van der Waals surface area contributed by atoms with E-state index in [2.05, 4.69) is 22.1 Å². The Morgan fingerprint density at radius 3 is 2.65 bits per heavy atom. The third-order valence-electron chi connectivity index (χ3n) is 3.24. The fourth-order valence-electron chi connectivity index (χ4n) is 1.99. The number of aromatic nitrogens is 2. The Morgan fingerprint density at radius 2 is 2.18 bits per heavy atom. The van der Waals surface area contributed by atoms with E-state index in [4.69, 9.17) is 10.3 Å². The van der Waals surface area contributed by atoms with Crippen LogP contribution in [0.3, 0.4) is 0 Å². The van der Waals surface area contributed by atoms with Crippen LogP contribution >= 0.6 is 0 Å². The topological polar surface area (TPSA) is 68.2 Å². The van der Waals surface area contributed by atoms with Crippen LogP contribution in [0.5, 0.6) is 0 Å². The molecule has 1 aliphatic carbocycles. The molecule has 17 heavy (non-hydrogen) atoms. The molecule has 0 spiro atoms. The van der Waals surface area contributed by atoms with Crippen LogP contribution < -0.4 is 5.73 Å². The van der Waals surface area contributed by atoms with Crippen molar-refractivity contribution in [1.29, 1.82) is 0 Å². The van der Waals surface area contributed by atoms with Gasteiger partial charge < -0.3 is 10.3 Å². The number of nitrogens with zero attached hydrogens (tertiary/aromatic N) is 3. The number of nitrogens with two attached hydrogens (primary N) is 1. The summed E-state index contributed by atoms with van der Waals surface area (Å²) in [6.45, 7) is 5.57. The number of hydrogen-bond donors (Lipinski definition) is 1. The second-order valence-electron chi connectivity index (χ2n) is 5.73. The molecule has 0 unspecified atom stereocenters. The molecule has 0 saturated heterocycles. The van der Waals surface area contributed by atoms with Gasteiger partial charge in [0.25, 0.3) is 0 Å². The summed E-state index contributed by atoms with van der Waals surface area (Å²) in [6.07, 6.45) is 4.09. The molecule has 96 valence electrons. The van der Waals surface area contributed by atoms with E-state index in [1.165, 1.54) is 19.3 Å². The van der Waals surface area contributed by atoms with E-state index < -0.39 is 5.54 Å². The fourth-order valence-corrected chi connectivity index (χ4v) is 1.99. The minimum absolute atomic E-state index is 0.533. The maximum Gasteiger partial charge on any atom is 0.240 e. The molecular weight excluding hydrogens is 216 g/mol. The Balaban J connectivity index is 1.87. The van der Waals surface area contributed by atoms with Crippen LogP contribution in [0.25, 0.3) is 0 Å². The van der Waals surface area contributed by atoms with Gasteiger partial charge >= 0.3 is 0 Å². The number of hydrogen-bond acceptors (Lipinski definition) is 5. The lowest BCUT2D eigenvalue weighted by Gasteiger charge is -2.29. The van der Waals surface area contributed by atoms with E-state index in [0.717, 1.165) is 12.5 Å². The Bertz CT molecular complexity index is 365. The van der Waals surface area contributed by atoms with Gasteiger partial charge in [-0.1, -0.05) is 11.6 Å². The van der Waals surface area contributed by atoms with Crippen molar-refractivity contribution in [2.75, 3.05) is 13.6 Å². The molecule has 0 aliphatic heterocycles. The molecule has 5 nitrogen and oxygen atoms in total. The maximum absolute atomic E-state index is 5.91. The summed E-state index contributed by atoms with van der Waals surface area (Å²) in [5.41, 5.74) is 5.38. The molecule has 2 N–H and O–H groups in total. The fraction of sp³-hybridized carbons (Fsp3) is 0.833. The van der Waals surface area contributed by atoms with E-state index in [1.54, 1.807) is 0 Å². The lowest BCUT2D eigenvalue weighted by molar-refractivity contribution is 0.183. The smallest absolute Gasteiger partial charge is 0.240 e. The zero-order valence-corrected chi connectivity index (χ0v) is 10.9. The van der Waals surface area contributed by atoms with E-state index in [0.29, 0.717) is 18.3 Å². The van der Waals surface area contributed by atoms with E-state index in [1.807, 2.05) is 13.8 Å². The van der Waals surface area contributed by atoms with Gasteiger partial charge in [-0.2, -0.15) is 4.98 Å². The Kier molecular flexibility index (Phi) is 3.49. The molecule has 0 radical (unpaired) electrons. The maximum atomic E-state index is 5.91. The molecule has 1 aliphatic rings. The molecule has 0 aromatic carbocycles. The molecule has 1 heterocycles. The highest BCUT2D eigenvalue weighted by Gasteiger charge is 2.23. The molecule has 2 rings (SSSR count). The van der Waals surface area contributed by atoms with Crippen LogP contribution in [0.15, 0.2) is 4.52 Å². The average Bonchev–Trinajstić information content (AvgIpc) is 2.59. The zero-order valence-electron chi connectivity index (χ0n) is 10.9. The van der Waals surface area contributed by atoms with Crippen molar-refractivity contribution in [3.63, 3.8) is 0 Å². The Hall–Kier alpha value is -0.940. The summed E-state index contributed by atoms with van der Waals surface area (Å²) >= 11 is 0. The van der Waals surface area contributed by atoms with Gasteiger partial charge in [0.15, 0.2) is 5.82 Å². The van der Waals surface area contributed by atoms with Crippen molar-refractivity contribution < 1.29 is 4.52 Å². The highest BCUT2D eigenvalue weighted by molar-refractivity contribution is 4.98. The third-order valence-corrected chi connectivity index (χ3v) is 3.24. The Morgan fingerprint density at radius 1 is 1.47 bits per heavy atom. The van der Waals surface area contributed by atoms with Gasteiger partial charge in [0, 0.05) is 6.54 Å². The monoisotopic (exact) mass is 238 g/mol. The van der Waals surface area contributed by atoms with Crippen LogP contribution in [0.4, 0.5) is 0 Å². The molecule has 0 atom stereocenters. The minimum Gasteiger partial charge on any atom is -0.338 e. The van der Waals surface area contributed by atoms with Crippen LogP contribution in [0, 0.1) is 5.92 Å². The normalized spacial score (nSPS) is 17.5. The van der Waals surface area contributed by atoms with Crippen molar-refractivity contribution in [3.8, 4) is 0 Å². The lowest BCUT2D eigenvalue weighted by Crippen LogP contribution is -2.31. The summed E-state index contributed by atoms with van der Waals surface area (Å²) in [7, 11) is 2.09. The van der Waals surface area contributed by atoms with E-state index >= 15 is 0 Å². The second kappa shape index (κ2) is 4.74. The van der Waals surface area contributed by atoms with Crippen LogP contribution in [-0.4, -0.2) is 28.6 Å². The van der Waals surface area contributed by atoms with Crippen molar-refractivity contribution in [2.45, 2.75) is 45.2 Å². The number of rotatable bonds is 5. The largest absolute Gasteiger partial charge is 0.338 e. The van der Waals surface area contributed by atoms with Gasteiger partial charge in [-0.15, -0.1) is 0 Å². The summed E-state index contributed by atoms with van der Waals surface area (Å²) in [6, 6.07) is 0. The van der Waals surface area contributed by atoms with E-state index in [9.17, 15) is 0 Å². The predicted octanol–water partition coefficient (Wildman–Crippen LogP) is 1.50. The summed E-state index contributed by atoms with van der Waals surface area (Å²) in [5.74, 6) is 2.08. The van der Waals surface area contributed by atoms with Gasteiger partial charge in [0.1, 0.15) is 0 Å².